The van der Waals surface area contributed by atoms with Crippen LogP contribution < -0.4 is 14.8 Å². The highest BCUT2D eigenvalue weighted by atomic mass is 32.2. The molecule has 1 fully saturated rings. The van der Waals surface area contributed by atoms with Crippen LogP contribution in [0.15, 0.2) is 41.3 Å². The molecule has 1 atom stereocenters. The van der Waals surface area contributed by atoms with Gasteiger partial charge in [-0.15, -0.1) is 11.8 Å². The number of carbonyl (C=O) groups is 2. The molecule has 5 rings (SSSR count). The largest absolute Gasteiger partial charge is 0.490 e. The first kappa shape index (κ1) is 18.4. The molecule has 150 valence electrons. The molecule has 2 aromatic carbocycles. The molecular weight excluding hydrogens is 388 g/mol. The van der Waals surface area contributed by atoms with Crippen molar-refractivity contribution in [1.82, 2.24) is 4.90 Å². The fourth-order valence-corrected chi connectivity index (χ4v) is 4.91. The van der Waals surface area contributed by atoms with Crippen molar-refractivity contribution in [3.63, 3.8) is 0 Å². The molecule has 7 heteroatoms. The number of hydrogen-bond donors (Lipinski definition) is 1. The summed E-state index contributed by atoms with van der Waals surface area (Å²) in [6, 6.07) is 11.6. The van der Waals surface area contributed by atoms with Crippen LogP contribution in [0.4, 0.5) is 5.69 Å². The van der Waals surface area contributed by atoms with E-state index >= 15 is 0 Å². The van der Waals surface area contributed by atoms with Crippen molar-refractivity contribution in [3.8, 4) is 11.5 Å². The Hall–Kier alpha value is -2.67. The van der Waals surface area contributed by atoms with Gasteiger partial charge in [-0.25, -0.2) is 0 Å². The molecule has 0 aliphatic carbocycles. The molecule has 29 heavy (non-hydrogen) atoms. The molecule has 2 aromatic rings. The van der Waals surface area contributed by atoms with Crippen LogP contribution in [0, 0.1) is 0 Å². The minimum Gasteiger partial charge on any atom is -0.490 e. The molecule has 0 bridgehead atoms. The molecule has 0 radical (unpaired) electrons. The van der Waals surface area contributed by atoms with Gasteiger partial charge in [0.25, 0.3) is 5.91 Å². The highest BCUT2D eigenvalue weighted by molar-refractivity contribution is 8.00. The third-order valence-electron chi connectivity index (χ3n) is 5.53. The molecule has 3 heterocycles. The van der Waals surface area contributed by atoms with Crippen molar-refractivity contribution >= 4 is 29.3 Å². The summed E-state index contributed by atoms with van der Waals surface area (Å²) in [6.07, 6.45) is 2.75. The van der Waals surface area contributed by atoms with Crippen molar-refractivity contribution in [1.29, 1.82) is 0 Å². The maximum absolute atomic E-state index is 13.3. The van der Waals surface area contributed by atoms with Crippen molar-refractivity contribution in [2.75, 3.05) is 30.8 Å². The minimum absolute atomic E-state index is 0.00719. The van der Waals surface area contributed by atoms with Gasteiger partial charge in [-0.05, 0) is 48.7 Å². The molecule has 6 nitrogen and oxygen atoms in total. The van der Waals surface area contributed by atoms with Gasteiger partial charge in [-0.1, -0.05) is 6.07 Å². The van der Waals surface area contributed by atoms with Gasteiger partial charge in [-0.3, -0.25) is 9.59 Å². The van der Waals surface area contributed by atoms with Crippen LogP contribution in [0.2, 0.25) is 0 Å². The Morgan fingerprint density at radius 2 is 1.93 bits per heavy atom. The number of hydrogen-bond acceptors (Lipinski definition) is 5. The molecule has 0 spiro atoms. The van der Waals surface area contributed by atoms with E-state index in [4.69, 9.17) is 9.47 Å². The summed E-state index contributed by atoms with van der Waals surface area (Å²) < 4.78 is 11.6. The Labute approximate surface area is 173 Å². The van der Waals surface area contributed by atoms with Gasteiger partial charge in [0.1, 0.15) is 0 Å². The number of ether oxygens (including phenoxy) is 2. The van der Waals surface area contributed by atoms with E-state index in [0.29, 0.717) is 24.5 Å². The van der Waals surface area contributed by atoms with Crippen LogP contribution in [-0.2, 0) is 4.79 Å². The Bertz CT molecular complexity index is 977. The summed E-state index contributed by atoms with van der Waals surface area (Å²) in [5.41, 5.74) is 2.40. The zero-order chi connectivity index (χ0) is 19.8. The summed E-state index contributed by atoms with van der Waals surface area (Å²) in [6.45, 7) is 2.02. The summed E-state index contributed by atoms with van der Waals surface area (Å²) in [7, 11) is 0. The highest BCUT2D eigenvalue weighted by Gasteiger charge is 2.32. The van der Waals surface area contributed by atoms with Gasteiger partial charge >= 0.3 is 0 Å². The second kappa shape index (κ2) is 7.63. The lowest BCUT2D eigenvalue weighted by molar-refractivity contribution is -0.113. The Kier molecular flexibility index (Phi) is 4.83. The van der Waals surface area contributed by atoms with Crippen molar-refractivity contribution < 1.29 is 19.1 Å². The molecule has 0 aromatic heterocycles. The Balaban J connectivity index is 1.41. The van der Waals surface area contributed by atoms with Gasteiger partial charge in [-0.2, -0.15) is 0 Å². The molecule has 1 saturated heterocycles. The summed E-state index contributed by atoms with van der Waals surface area (Å²) >= 11 is 1.50. The number of carbonyl (C=O) groups excluding carboxylic acids is 2. The zero-order valence-electron chi connectivity index (χ0n) is 16.0. The van der Waals surface area contributed by atoms with E-state index in [1.165, 1.54) is 11.8 Å². The number of anilines is 1. The van der Waals surface area contributed by atoms with E-state index in [-0.39, 0.29) is 17.9 Å². The number of nitrogens with one attached hydrogen (secondary N) is 1. The summed E-state index contributed by atoms with van der Waals surface area (Å²) in [5, 5.41) is 2.87. The summed E-state index contributed by atoms with van der Waals surface area (Å²) in [5.74, 6) is 1.90. The molecule has 2 amide bonds. The number of amides is 2. The summed E-state index contributed by atoms with van der Waals surface area (Å²) in [4.78, 5) is 27.9. The van der Waals surface area contributed by atoms with Crippen molar-refractivity contribution in [3.05, 3.63) is 47.5 Å². The monoisotopic (exact) mass is 410 g/mol. The van der Waals surface area contributed by atoms with Crippen LogP contribution in [0.3, 0.4) is 0 Å². The second-order valence-corrected chi connectivity index (χ2v) is 8.48. The highest BCUT2D eigenvalue weighted by Crippen LogP contribution is 2.39. The molecule has 1 unspecified atom stereocenters. The molecule has 3 aliphatic heterocycles. The zero-order valence-corrected chi connectivity index (χ0v) is 16.8. The first-order valence-corrected chi connectivity index (χ1v) is 10.9. The number of nitrogens with zero attached hydrogens (tertiary/aromatic N) is 1. The van der Waals surface area contributed by atoms with E-state index in [2.05, 4.69) is 5.32 Å². The molecule has 3 aliphatic rings. The standard InChI is InChI=1S/C22H22N2O4S/c25-21-13-29-20-7-5-15(11-16(20)23-21)22(26)24-8-1-3-17(24)14-4-6-18-19(12-14)28-10-2-9-27-18/h4-7,11-12,17H,1-3,8-10,13H2,(H,23,25). The third kappa shape index (κ3) is 3.55. The average molecular weight is 410 g/mol. The Morgan fingerprint density at radius 3 is 2.83 bits per heavy atom. The van der Waals surface area contributed by atoms with Crippen molar-refractivity contribution in [2.24, 2.45) is 0 Å². The van der Waals surface area contributed by atoms with Crippen LogP contribution in [0.25, 0.3) is 0 Å². The first-order valence-electron chi connectivity index (χ1n) is 9.96. The van der Waals surface area contributed by atoms with Gasteiger partial charge < -0.3 is 19.7 Å². The lowest BCUT2D eigenvalue weighted by Gasteiger charge is -2.26. The van der Waals surface area contributed by atoms with E-state index in [1.54, 1.807) is 6.07 Å². The fourth-order valence-electron chi connectivity index (χ4n) is 4.13. The molecule has 0 saturated carbocycles. The number of benzene rings is 2. The van der Waals surface area contributed by atoms with E-state index in [9.17, 15) is 9.59 Å². The fraction of sp³-hybridized carbons (Fsp3) is 0.364. The SMILES string of the molecule is O=C1CSc2ccc(C(=O)N3CCCC3c3ccc4c(c3)OCCCO4)cc2N1. The van der Waals surface area contributed by atoms with Crippen molar-refractivity contribution in [2.45, 2.75) is 30.2 Å². The topological polar surface area (TPSA) is 67.9 Å². The first-order chi connectivity index (χ1) is 14.2. The lowest BCUT2D eigenvalue weighted by atomic mass is 10.0. The number of fused-ring (bicyclic) bond motifs is 2. The second-order valence-electron chi connectivity index (χ2n) is 7.46. The minimum atomic E-state index is -0.0293. The quantitative estimate of drug-likeness (QED) is 0.814. The average Bonchev–Trinajstić information content (AvgIpc) is 3.11. The lowest BCUT2D eigenvalue weighted by Crippen LogP contribution is -2.31. The maximum Gasteiger partial charge on any atom is 0.254 e. The van der Waals surface area contributed by atoms with Crippen LogP contribution in [0.5, 0.6) is 11.5 Å². The predicted molar refractivity (Wildman–Crippen MR) is 111 cm³/mol. The van der Waals surface area contributed by atoms with Crippen LogP contribution in [0.1, 0.15) is 41.2 Å². The predicted octanol–water partition coefficient (Wildman–Crippen LogP) is 3.87. The van der Waals surface area contributed by atoms with Gasteiger partial charge in [0.05, 0.1) is 30.7 Å². The van der Waals surface area contributed by atoms with Gasteiger partial charge in [0.2, 0.25) is 5.91 Å². The van der Waals surface area contributed by atoms with Crippen LogP contribution >= 0.6 is 11.8 Å². The van der Waals surface area contributed by atoms with Gasteiger partial charge in [0.15, 0.2) is 11.5 Å². The Morgan fingerprint density at radius 1 is 1.07 bits per heavy atom. The third-order valence-corrected chi connectivity index (χ3v) is 6.60. The number of rotatable bonds is 2. The number of thioether (sulfide) groups is 1. The maximum atomic E-state index is 13.3. The van der Waals surface area contributed by atoms with Gasteiger partial charge in [0, 0.05) is 23.4 Å². The normalized spacial score (nSPS) is 20.6. The van der Waals surface area contributed by atoms with E-state index in [1.807, 2.05) is 35.2 Å². The van der Waals surface area contributed by atoms with E-state index < -0.39 is 0 Å². The molecule has 1 N–H and O–H groups in total. The smallest absolute Gasteiger partial charge is 0.254 e. The van der Waals surface area contributed by atoms with E-state index in [0.717, 1.165) is 53.5 Å². The molecular formula is C22H22N2O4S. The number of likely N-dealkylation sites (tertiary alicyclic amines) is 1. The van der Waals surface area contributed by atoms with Crippen LogP contribution in [-0.4, -0.2) is 42.2 Å².